The van der Waals surface area contributed by atoms with Crippen molar-refractivity contribution in [1.29, 1.82) is 0 Å². The van der Waals surface area contributed by atoms with Gasteiger partial charge in [0.2, 0.25) is 0 Å². The molecule has 2 atom stereocenters. The molecule has 0 spiro atoms. The molecule has 21 heavy (non-hydrogen) atoms. The van der Waals surface area contributed by atoms with Gasteiger partial charge in [0.15, 0.2) is 0 Å². The van der Waals surface area contributed by atoms with Crippen LogP contribution in [0.25, 0.3) is 0 Å². The molecule has 0 saturated carbocycles. The number of amides is 1. The summed E-state index contributed by atoms with van der Waals surface area (Å²) < 4.78 is 5.48. The van der Waals surface area contributed by atoms with Crippen LogP contribution < -0.4 is 5.32 Å². The van der Waals surface area contributed by atoms with Crippen LogP contribution in [0.2, 0.25) is 0 Å². The first-order valence-corrected chi connectivity index (χ1v) is 8.82. The second-order valence-electron chi connectivity index (χ2n) is 6.41. The summed E-state index contributed by atoms with van der Waals surface area (Å²) >= 11 is 1.68. The quantitative estimate of drug-likeness (QED) is 0.861. The minimum absolute atomic E-state index is 0.238. The van der Waals surface area contributed by atoms with Gasteiger partial charge in [-0.2, -0.15) is 0 Å². The Morgan fingerprint density at radius 2 is 2.05 bits per heavy atom. The fraction of sp³-hybridized carbons (Fsp3) is 0.688. The van der Waals surface area contributed by atoms with Gasteiger partial charge in [-0.3, -0.25) is 4.79 Å². The van der Waals surface area contributed by atoms with Crippen LogP contribution in [0.5, 0.6) is 0 Å². The molecule has 3 aliphatic rings. The number of carbonyl (C=O) groups is 1. The van der Waals surface area contributed by atoms with Gasteiger partial charge in [-0.15, -0.1) is 11.3 Å². The van der Waals surface area contributed by atoms with Gasteiger partial charge in [-0.05, 0) is 49.4 Å². The molecule has 1 amide bonds. The Morgan fingerprint density at radius 1 is 1.29 bits per heavy atom. The van der Waals surface area contributed by atoms with Crippen LogP contribution in [0.1, 0.15) is 33.0 Å². The number of ether oxygens (including phenoxy) is 1. The largest absolute Gasteiger partial charge is 0.376 e. The number of fused-ring (bicyclic) bond motifs is 2. The van der Waals surface area contributed by atoms with Crippen LogP contribution in [0.4, 0.5) is 0 Å². The molecular weight excluding hydrogens is 284 g/mol. The zero-order chi connectivity index (χ0) is 14.2. The van der Waals surface area contributed by atoms with Crippen LogP contribution >= 0.6 is 11.3 Å². The molecule has 0 radical (unpaired) electrons. The molecular formula is C16H22N2O2S. The van der Waals surface area contributed by atoms with E-state index in [0.29, 0.717) is 6.61 Å². The molecule has 4 heterocycles. The maximum absolute atomic E-state index is 12.8. The number of hydrogen-bond acceptors (Lipinski definition) is 4. The average molecular weight is 306 g/mol. The van der Waals surface area contributed by atoms with Gasteiger partial charge in [0, 0.05) is 24.4 Å². The van der Waals surface area contributed by atoms with Crippen molar-refractivity contribution in [3.63, 3.8) is 0 Å². The van der Waals surface area contributed by atoms with E-state index in [4.69, 9.17) is 4.74 Å². The van der Waals surface area contributed by atoms with Crippen molar-refractivity contribution >= 4 is 17.2 Å². The minimum atomic E-state index is 0.238. The van der Waals surface area contributed by atoms with Crippen LogP contribution in [-0.2, 0) is 17.8 Å². The second kappa shape index (κ2) is 5.71. The fourth-order valence-electron chi connectivity index (χ4n) is 3.83. The summed E-state index contributed by atoms with van der Waals surface area (Å²) in [5.41, 5.74) is 1.23. The number of nitrogens with zero attached hydrogens (tertiary/aromatic N) is 1. The number of nitrogens with one attached hydrogen (secondary N) is 1. The summed E-state index contributed by atoms with van der Waals surface area (Å²) in [7, 11) is 0. The average Bonchev–Trinajstić information content (AvgIpc) is 3.09. The van der Waals surface area contributed by atoms with E-state index in [2.05, 4.69) is 16.3 Å². The molecule has 4 nitrogen and oxygen atoms in total. The molecule has 5 heteroatoms. The molecule has 4 rings (SSSR count). The third-order valence-corrected chi connectivity index (χ3v) is 6.37. The molecule has 1 aromatic heterocycles. The van der Waals surface area contributed by atoms with Crippen LogP contribution in [-0.4, -0.2) is 43.6 Å². The molecule has 0 unspecified atom stereocenters. The van der Waals surface area contributed by atoms with E-state index < -0.39 is 0 Å². The Balaban J connectivity index is 1.48. The third kappa shape index (κ3) is 2.62. The molecule has 0 bridgehead atoms. The zero-order valence-corrected chi connectivity index (χ0v) is 13.1. The minimum Gasteiger partial charge on any atom is -0.376 e. The number of rotatable bonds is 1. The van der Waals surface area contributed by atoms with E-state index in [0.717, 1.165) is 68.8 Å². The third-order valence-electron chi connectivity index (χ3n) is 5.14. The lowest BCUT2D eigenvalue weighted by molar-refractivity contribution is 0.0763. The number of likely N-dealkylation sites (tertiary alicyclic amines) is 1. The van der Waals surface area contributed by atoms with E-state index in [1.54, 1.807) is 11.3 Å². The summed E-state index contributed by atoms with van der Waals surface area (Å²) in [5.74, 6) is 1.78. The first-order valence-electron chi connectivity index (χ1n) is 8.00. The smallest absolute Gasteiger partial charge is 0.263 e. The van der Waals surface area contributed by atoms with E-state index >= 15 is 0 Å². The van der Waals surface area contributed by atoms with Crippen LogP contribution in [0.3, 0.4) is 0 Å². The number of hydrogen-bond donors (Lipinski definition) is 1. The Morgan fingerprint density at radius 3 is 2.76 bits per heavy atom. The molecule has 114 valence electrons. The first-order chi connectivity index (χ1) is 10.3. The summed E-state index contributed by atoms with van der Waals surface area (Å²) in [4.78, 5) is 17.1. The van der Waals surface area contributed by atoms with Crippen molar-refractivity contribution in [1.82, 2.24) is 10.2 Å². The van der Waals surface area contributed by atoms with Crippen LogP contribution in [0, 0.1) is 11.8 Å². The van der Waals surface area contributed by atoms with E-state index in [-0.39, 0.29) is 5.91 Å². The summed E-state index contributed by atoms with van der Waals surface area (Å²) in [6.45, 7) is 5.58. The molecule has 0 aliphatic carbocycles. The summed E-state index contributed by atoms with van der Waals surface area (Å²) in [5, 5.41) is 3.49. The number of thiophene rings is 1. The molecule has 3 aliphatic heterocycles. The van der Waals surface area contributed by atoms with E-state index in [1.807, 2.05) is 0 Å². The highest BCUT2D eigenvalue weighted by atomic mass is 32.1. The van der Waals surface area contributed by atoms with Crippen molar-refractivity contribution < 1.29 is 9.53 Å². The highest BCUT2D eigenvalue weighted by Gasteiger charge is 2.32. The Kier molecular flexibility index (Phi) is 3.73. The predicted octanol–water partition coefficient (Wildman–Crippen LogP) is 1.89. The Labute approximate surface area is 129 Å². The van der Waals surface area contributed by atoms with Crippen molar-refractivity contribution in [2.45, 2.75) is 25.9 Å². The van der Waals surface area contributed by atoms with Gasteiger partial charge in [0.1, 0.15) is 0 Å². The standard InChI is InChI=1S/C16H22N2O2S/c19-16(15-7-13-10-20-6-3-14(13)21-15)18-4-1-11-8-17-9-12(11)2-5-18/h7,11-12,17H,1-6,8-10H2/t11-,12+. The monoisotopic (exact) mass is 306 g/mol. The first kappa shape index (κ1) is 13.7. The van der Waals surface area contributed by atoms with Gasteiger partial charge < -0.3 is 15.0 Å². The number of carbonyl (C=O) groups excluding carboxylic acids is 1. The lowest BCUT2D eigenvalue weighted by Gasteiger charge is -2.20. The van der Waals surface area contributed by atoms with E-state index in [1.165, 1.54) is 10.4 Å². The van der Waals surface area contributed by atoms with Gasteiger partial charge in [0.05, 0.1) is 18.1 Å². The highest BCUT2D eigenvalue weighted by Crippen LogP contribution is 2.31. The fourth-order valence-corrected chi connectivity index (χ4v) is 4.95. The molecule has 1 N–H and O–H groups in total. The van der Waals surface area contributed by atoms with Gasteiger partial charge in [0.25, 0.3) is 5.91 Å². The summed E-state index contributed by atoms with van der Waals surface area (Å²) in [6, 6.07) is 2.06. The summed E-state index contributed by atoms with van der Waals surface area (Å²) in [6.07, 6.45) is 3.26. The lowest BCUT2D eigenvalue weighted by atomic mass is 9.92. The van der Waals surface area contributed by atoms with Gasteiger partial charge in [-0.25, -0.2) is 0 Å². The van der Waals surface area contributed by atoms with Gasteiger partial charge >= 0.3 is 0 Å². The molecule has 2 fully saturated rings. The van der Waals surface area contributed by atoms with Crippen LogP contribution in [0.15, 0.2) is 6.07 Å². The van der Waals surface area contributed by atoms with Crippen molar-refractivity contribution in [3.8, 4) is 0 Å². The zero-order valence-electron chi connectivity index (χ0n) is 12.3. The van der Waals surface area contributed by atoms with Gasteiger partial charge in [-0.1, -0.05) is 0 Å². The topological polar surface area (TPSA) is 41.6 Å². The van der Waals surface area contributed by atoms with Crippen molar-refractivity contribution in [2.24, 2.45) is 11.8 Å². The Hall–Kier alpha value is -0.910. The molecule has 1 aromatic rings. The normalized spacial score (nSPS) is 28.9. The van der Waals surface area contributed by atoms with E-state index in [9.17, 15) is 4.79 Å². The molecule has 0 aromatic carbocycles. The predicted molar refractivity (Wildman–Crippen MR) is 82.7 cm³/mol. The lowest BCUT2D eigenvalue weighted by Crippen LogP contribution is -2.32. The molecule has 2 saturated heterocycles. The van der Waals surface area contributed by atoms with Crippen molar-refractivity contribution in [3.05, 3.63) is 21.4 Å². The highest BCUT2D eigenvalue weighted by molar-refractivity contribution is 7.14. The maximum atomic E-state index is 12.8. The Bertz CT molecular complexity index is 505. The SMILES string of the molecule is O=C(c1cc2c(s1)CCOC2)N1CC[C@@H]2CNC[C@@H]2CC1. The van der Waals surface area contributed by atoms with Crippen molar-refractivity contribution in [2.75, 3.05) is 32.8 Å². The maximum Gasteiger partial charge on any atom is 0.263 e. The second-order valence-corrected chi connectivity index (χ2v) is 7.55.